The quantitative estimate of drug-likeness (QED) is 0.303. The van der Waals surface area contributed by atoms with Crippen LogP contribution in [-0.2, 0) is 0 Å². The Morgan fingerprint density at radius 3 is 2.12 bits per heavy atom. The number of nitrogens with one attached hydrogen (secondary N) is 2. The minimum absolute atomic E-state index is 0.401. The van der Waals surface area contributed by atoms with E-state index in [1.54, 1.807) is 0 Å². The van der Waals surface area contributed by atoms with Crippen molar-refractivity contribution in [3.63, 3.8) is 0 Å². The van der Waals surface area contributed by atoms with E-state index in [-0.39, 0.29) is 0 Å². The molecular formula is C13H28N4. The first-order chi connectivity index (χ1) is 7.73. The number of nitrogens with zero attached hydrogens (tertiary/aromatic N) is 1. The van der Waals surface area contributed by atoms with Crippen molar-refractivity contribution < 1.29 is 0 Å². The van der Waals surface area contributed by atoms with E-state index < -0.39 is 0 Å². The van der Waals surface area contributed by atoms with Gasteiger partial charge in [0.2, 0.25) is 5.96 Å². The topological polar surface area (TPSA) is 62.4 Å². The Balaban J connectivity index is 2.43. The fourth-order valence-electron chi connectivity index (χ4n) is 2.47. The molecular weight excluding hydrogens is 212 g/mol. The van der Waals surface area contributed by atoms with Gasteiger partial charge in [0.1, 0.15) is 0 Å². The zero-order valence-corrected chi connectivity index (χ0v) is 12.1. The summed E-state index contributed by atoms with van der Waals surface area (Å²) >= 11 is 0. The zero-order valence-electron chi connectivity index (χ0n) is 12.1. The largest absolute Gasteiger partial charge is 0.355 e. The van der Waals surface area contributed by atoms with Gasteiger partial charge in [-0.3, -0.25) is 10.4 Å². The van der Waals surface area contributed by atoms with Crippen molar-refractivity contribution in [2.45, 2.75) is 41.5 Å². The summed E-state index contributed by atoms with van der Waals surface area (Å²) in [6, 6.07) is 0. The number of nitrogens with two attached hydrogens (primary N) is 1. The van der Waals surface area contributed by atoms with Crippen molar-refractivity contribution in [1.29, 1.82) is 0 Å². The first kappa shape index (κ1) is 14.3. The highest BCUT2D eigenvalue weighted by molar-refractivity contribution is 5.79. The zero-order chi connectivity index (χ0) is 13.3. The molecule has 1 saturated carbocycles. The molecule has 0 aromatic rings. The second-order valence-corrected chi connectivity index (χ2v) is 6.60. The molecule has 17 heavy (non-hydrogen) atoms. The van der Waals surface area contributed by atoms with Gasteiger partial charge in [-0.1, -0.05) is 41.5 Å². The molecule has 0 bridgehead atoms. The number of guanidine groups is 1. The molecule has 0 heterocycles. The van der Waals surface area contributed by atoms with Crippen LogP contribution in [0.25, 0.3) is 0 Å². The van der Waals surface area contributed by atoms with E-state index >= 15 is 0 Å². The number of hydrogen-bond donors (Lipinski definition) is 3. The van der Waals surface area contributed by atoms with Gasteiger partial charge in [-0.15, -0.1) is 0 Å². The number of rotatable bonds is 4. The van der Waals surface area contributed by atoms with Gasteiger partial charge in [-0.05, 0) is 22.7 Å². The van der Waals surface area contributed by atoms with Crippen LogP contribution in [0.1, 0.15) is 41.5 Å². The smallest absolute Gasteiger partial charge is 0.205 e. The van der Waals surface area contributed by atoms with Gasteiger partial charge in [0, 0.05) is 13.1 Å². The standard InChI is InChI=1S/C13H28N4/c1-9(2)7-15-11(17-14)16-8-10-12(3,4)13(10,5)6/h9-10H,7-8,14H2,1-6H3,(H2,15,16,17). The molecule has 1 aliphatic carbocycles. The van der Waals surface area contributed by atoms with Crippen LogP contribution < -0.4 is 16.6 Å². The van der Waals surface area contributed by atoms with E-state index in [2.05, 4.69) is 57.3 Å². The van der Waals surface area contributed by atoms with E-state index in [1.807, 2.05) is 0 Å². The van der Waals surface area contributed by atoms with Crippen LogP contribution in [0.4, 0.5) is 0 Å². The second-order valence-electron chi connectivity index (χ2n) is 6.60. The van der Waals surface area contributed by atoms with Crippen LogP contribution in [0.5, 0.6) is 0 Å². The second kappa shape index (κ2) is 4.84. The lowest BCUT2D eigenvalue weighted by Gasteiger charge is -2.10. The molecule has 1 rings (SSSR count). The molecule has 4 nitrogen and oxygen atoms in total. The van der Waals surface area contributed by atoms with E-state index in [9.17, 15) is 0 Å². The summed E-state index contributed by atoms with van der Waals surface area (Å²) in [7, 11) is 0. The predicted octanol–water partition coefficient (Wildman–Crippen LogP) is 1.73. The average molecular weight is 240 g/mol. The van der Waals surface area contributed by atoms with Crippen LogP contribution in [-0.4, -0.2) is 19.0 Å². The van der Waals surface area contributed by atoms with Gasteiger partial charge in [0.15, 0.2) is 0 Å². The first-order valence-corrected chi connectivity index (χ1v) is 6.48. The Morgan fingerprint density at radius 2 is 1.76 bits per heavy atom. The highest BCUT2D eigenvalue weighted by Crippen LogP contribution is 2.67. The third kappa shape index (κ3) is 2.92. The highest BCUT2D eigenvalue weighted by Gasteiger charge is 2.64. The molecule has 1 aliphatic rings. The molecule has 0 amide bonds. The summed E-state index contributed by atoms with van der Waals surface area (Å²) in [6.07, 6.45) is 0. The summed E-state index contributed by atoms with van der Waals surface area (Å²) in [5.74, 6) is 7.39. The van der Waals surface area contributed by atoms with Crippen molar-refractivity contribution in [1.82, 2.24) is 10.7 Å². The normalized spacial score (nSPS) is 22.7. The molecule has 0 aromatic heterocycles. The van der Waals surface area contributed by atoms with E-state index in [4.69, 9.17) is 5.84 Å². The van der Waals surface area contributed by atoms with Crippen LogP contribution in [0.3, 0.4) is 0 Å². The predicted molar refractivity (Wildman–Crippen MR) is 73.5 cm³/mol. The molecule has 1 fully saturated rings. The van der Waals surface area contributed by atoms with Gasteiger partial charge in [-0.2, -0.15) is 0 Å². The fraction of sp³-hybridized carbons (Fsp3) is 0.923. The Kier molecular flexibility index (Phi) is 4.07. The van der Waals surface area contributed by atoms with Crippen LogP contribution in [0, 0.1) is 22.7 Å². The lowest BCUT2D eigenvalue weighted by molar-refractivity contribution is 0.457. The first-order valence-electron chi connectivity index (χ1n) is 6.48. The molecule has 0 saturated heterocycles. The molecule has 0 aliphatic heterocycles. The number of hydrazine groups is 1. The van der Waals surface area contributed by atoms with Gasteiger partial charge in [0.25, 0.3) is 0 Å². The lowest BCUT2D eigenvalue weighted by Crippen LogP contribution is -2.43. The number of hydrogen-bond acceptors (Lipinski definition) is 2. The molecule has 100 valence electrons. The molecule has 0 radical (unpaired) electrons. The van der Waals surface area contributed by atoms with Gasteiger partial charge >= 0.3 is 0 Å². The molecule has 0 atom stereocenters. The van der Waals surface area contributed by atoms with Crippen molar-refractivity contribution in [2.24, 2.45) is 33.5 Å². The summed E-state index contributed by atoms with van der Waals surface area (Å²) in [5, 5.41) is 3.31. The van der Waals surface area contributed by atoms with Crippen molar-refractivity contribution in [3.8, 4) is 0 Å². The van der Waals surface area contributed by atoms with Gasteiger partial charge < -0.3 is 5.32 Å². The third-order valence-corrected chi connectivity index (χ3v) is 4.54. The van der Waals surface area contributed by atoms with Crippen molar-refractivity contribution in [2.75, 3.05) is 13.1 Å². The third-order valence-electron chi connectivity index (χ3n) is 4.54. The molecule has 0 aromatic carbocycles. The maximum atomic E-state index is 5.46. The maximum Gasteiger partial charge on any atom is 0.205 e. The van der Waals surface area contributed by atoms with Crippen LogP contribution in [0.15, 0.2) is 4.99 Å². The summed E-state index contributed by atoms with van der Waals surface area (Å²) < 4.78 is 0. The number of aliphatic imine (C=N–C) groups is 1. The fourth-order valence-corrected chi connectivity index (χ4v) is 2.47. The molecule has 0 spiro atoms. The molecule has 4 N–H and O–H groups in total. The molecule has 0 unspecified atom stereocenters. The summed E-state index contributed by atoms with van der Waals surface area (Å²) in [4.78, 5) is 4.41. The van der Waals surface area contributed by atoms with E-state index in [0.717, 1.165) is 13.1 Å². The lowest BCUT2D eigenvalue weighted by atomic mass is 10.0. The van der Waals surface area contributed by atoms with Crippen LogP contribution >= 0.6 is 0 Å². The SMILES string of the molecule is CC(C)CN=C(NN)NCC1C(C)(C)C1(C)C. The Bertz CT molecular complexity index is 278. The van der Waals surface area contributed by atoms with Crippen molar-refractivity contribution >= 4 is 5.96 Å². The minimum Gasteiger partial charge on any atom is -0.355 e. The summed E-state index contributed by atoms with van der Waals surface area (Å²) in [6.45, 7) is 15.3. The average Bonchev–Trinajstić information content (AvgIpc) is 2.59. The van der Waals surface area contributed by atoms with Gasteiger partial charge in [-0.25, -0.2) is 5.84 Å². The van der Waals surface area contributed by atoms with Crippen LogP contribution in [0.2, 0.25) is 0 Å². The highest BCUT2D eigenvalue weighted by atomic mass is 15.3. The van der Waals surface area contributed by atoms with E-state index in [0.29, 0.717) is 28.6 Å². The Hall–Kier alpha value is -0.770. The maximum absolute atomic E-state index is 5.46. The molecule has 4 heteroatoms. The van der Waals surface area contributed by atoms with Gasteiger partial charge in [0.05, 0.1) is 0 Å². The Morgan fingerprint density at radius 1 is 1.24 bits per heavy atom. The van der Waals surface area contributed by atoms with E-state index in [1.165, 1.54) is 0 Å². The minimum atomic E-state index is 0.401. The Labute approximate surface area is 105 Å². The van der Waals surface area contributed by atoms with Crippen molar-refractivity contribution in [3.05, 3.63) is 0 Å². The summed E-state index contributed by atoms with van der Waals surface area (Å²) in [5.41, 5.74) is 3.44. The monoisotopic (exact) mass is 240 g/mol.